The van der Waals surface area contributed by atoms with Crippen LogP contribution in [0.4, 0.5) is 5.69 Å². The number of H-pyrrole nitrogens is 1. The number of benzene rings is 1. The first-order valence-electron chi connectivity index (χ1n) is 11.1. The molecule has 0 bridgehead atoms. The van der Waals surface area contributed by atoms with Crippen molar-refractivity contribution in [2.24, 2.45) is 11.8 Å². The average Bonchev–Trinajstić information content (AvgIpc) is 3.07. The lowest BCUT2D eigenvalue weighted by molar-refractivity contribution is -0.123. The average molecular weight is 391 g/mol. The Morgan fingerprint density at radius 1 is 1.00 bits per heavy atom. The summed E-state index contributed by atoms with van der Waals surface area (Å²) >= 11 is 0. The van der Waals surface area contributed by atoms with E-state index >= 15 is 0 Å². The van der Waals surface area contributed by atoms with Crippen LogP contribution in [0.1, 0.15) is 86.2 Å². The Morgan fingerprint density at radius 2 is 1.72 bits per heavy atom. The molecule has 4 heteroatoms. The summed E-state index contributed by atoms with van der Waals surface area (Å²) < 4.78 is 0. The fourth-order valence-corrected chi connectivity index (χ4v) is 6.03. The van der Waals surface area contributed by atoms with Crippen molar-refractivity contribution in [3.05, 3.63) is 52.8 Å². The number of amides is 2. The Hall–Kier alpha value is -2.36. The molecule has 152 valence electrons. The molecule has 3 aliphatic rings. The van der Waals surface area contributed by atoms with Crippen LogP contribution in [0.5, 0.6) is 0 Å². The molecular weight excluding hydrogens is 360 g/mol. The van der Waals surface area contributed by atoms with Crippen molar-refractivity contribution in [1.82, 2.24) is 4.98 Å². The van der Waals surface area contributed by atoms with Crippen LogP contribution >= 0.6 is 0 Å². The first kappa shape index (κ1) is 18.7. The fourth-order valence-electron chi connectivity index (χ4n) is 6.03. The lowest BCUT2D eigenvalue weighted by Gasteiger charge is -2.36. The van der Waals surface area contributed by atoms with Gasteiger partial charge in [-0.15, -0.1) is 0 Å². The number of imide groups is 1. The van der Waals surface area contributed by atoms with Crippen LogP contribution in [-0.2, 0) is 9.59 Å². The second kappa shape index (κ2) is 6.86. The normalized spacial score (nSPS) is 28.9. The van der Waals surface area contributed by atoms with Gasteiger partial charge < -0.3 is 4.98 Å². The van der Waals surface area contributed by atoms with E-state index in [4.69, 9.17) is 0 Å². The summed E-state index contributed by atoms with van der Waals surface area (Å²) in [4.78, 5) is 32.3. The zero-order valence-electron chi connectivity index (χ0n) is 17.6. The zero-order valence-corrected chi connectivity index (χ0v) is 17.6. The Labute approximate surface area is 172 Å². The first-order chi connectivity index (χ1) is 14.0. The van der Waals surface area contributed by atoms with Crippen molar-refractivity contribution >= 4 is 17.5 Å². The predicted molar refractivity (Wildman–Crippen MR) is 114 cm³/mol. The molecule has 0 unspecified atom stereocenters. The Morgan fingerprint density at radius 3 is 2.45 bits per heavy atom. The fraction of sp³-hybridized carbons (Fsp3) is 0.520. The number of nitrogens with one attached hydrogen (secondary N) is 1. The molecule has 1 saturated carbocycles. The van der Waals surface area contributed by atoms with Crippen LogP contribution in [0.15, 0.2) is 30.3 Å². The Bertz CT molecular complexity index is 956. The molecule has 2 aliphatic carbocycles. The van der Waals surface area contributed by atoms with Gasteiger partial charge in [-0.1, -0.05) is 45.2 Å². The molecule has 4 nitrogen and oxygen atoms in total. The minimum atomic E-state index is -0.327. The molecule has 0 radical (unpaired) electrons. The molecule has 29 heavy (non-hydrogen) atoms. The third-order valence-corrected chi connectivity index (χ3v) is 7.42. The van der Waals surface area contributed by atoms with Crippen molar-refractivity contribution in [2.75, 3.05) is 4.90 Å². The topological polar surface area (TPSA) is 53.2 Å². The number of anilines is 1. The summed E-state index contributed by atoms with van der Waals surface area (Å²) in [5.41, 5.74) is 5.35. The molecule has 4 atom stereocenters. The number of carbonyl (C=O) groups excluding carboxylic acids is 2. The molecule has 1 aromatic heterocycles. The van der Waals surface area contributed by atoms with Gasteiger partial charge in [-0.3, -0.25) is 9.59 Å². The summed E-state index contributed by atoms with van der Waals surface area (Å²) in [5, 5.41) is 0. The SMILES string of the molecule is Cc1cc2c([nH]1)[C@@H]1CCCCC[C@@H]1[C@@H]1C(=O)N(c3ccc(C(C)C)cc3)C(=O)[C@H]21. The van der Waals surface area contributed by atoms with Crippen molar-refractivity contribution in [3.8, 4) is 0 Å². The Kier molecular flexibility index (Phi) is 4.41. The quantitative estimate of drug-likeness (QED) is 0.698. The highest BCUT2D eigenvalue weighted by Crippen LogP contribution is 2.55. The lowest BCUT2D eigenvalue weighted by atomic mass is 9.65. The van der Waals surface area contributed by atoms with Gasteiger partial charge in [-0.25, -0.2) is 4.90 Å². The molecule has 1 saturated heterocycles. The van der Waals surface area contributed by atoms with Gasteiger partial charge in [0.15, 0.2) is 0 Å². The number of hydrogen-bond donors (Lipinski definition) is 1. The first-order valence-corrected chi connectivity index (χ1v) is 11.1. The van der Waals surface area contributed by atoms with E-state index in [9.17, 15) is 9.59 Å². The van der Waals surface area contributed by atoms with Gasteiger partial charge in [0.1, 0.15) is 0 Å². The summed E-state index contributed by atoms with van der Waals surface area (Å²) in [6, 6.07) is 10.1. The second-order valence-corrected chi connectivity index (χ2v) is 9.49. The van der Waals surface area contributed by atoms with Gasteiger partial charge in [0.05, 0.1) is 17.5 Å². The third-order valence-electron chi connectivity index (χ3n) is 7.42. The molecule has 2 heterocycles. The number of aryl methyl sites for hydroxylation is 1. The standard InChI is InChI=1S/C25H30N2O2/c1-14(2)16-9-11-17(12-10-16)27-24(28)21-18-7-5-4-6-8-19(18)23-20(13-15(3)26-23)22(21)25(27)29/h9-14,18-19,21-22,26H,4-8H2,1-3H3/t18-,19+,21-,22+/m0/s1. The summed E-state index contributed by atoms with van der Waals surface area (Å²) in [5.74, 6) is 0.504. The number of hydrogen-bond acceptors (Lipinski definition) is 2. The van der Waals surface area contributed by atoms with Gasteiger partial charge in [0, 0.05) is 17.3 Å². The summed E-state index contributed by atoms with van der Waals surface area (Å²) in [6.45, 7) is 6.36. The largest absolute Gasteiger partial charge is 0.362 e. The van der Waals surface area contributed by atoms with Gasteiger partial charge in [0.25, 0.3) is 0 Å². The van der Waals surface area contributed by atoms with Crippen molar-refractivity contribution in [3.63, 3.8) is 0 Å². The van der Waals surface area contributed by atoms with Gasteiger partial charge in [-0.05, 0) is 60.9 Å². The van der Waals surface area contributed by atoms with Crippen LogP contribution in [0.25, 0.3) is 0 Å². The van der Waals surface area contributed by atoms with Crippen LogP contribution in [-0.4, -0.2) is 16.8 Å². The number of aromatic nitrogens is 1. The number of nitrogens with zero attached hydrogens (tertiary/aromatic N) is 1. The molecular formula is C25H30N2O2. The van der Waals surface area contributed by atoms with Gasteiger partial charge in [0.2, 0.25) is 11.8 Å². The molecule has 0 spiro atoms. The monoisotopic (exact) mass is 390 g/mol. The van der Waals surface area contributed by atoms with Crippen molar-refractivity contribution < 1.29 is 9.59 Å². The number of fused-ring (bicyclic) bond motifs is 6. The highest BCUT2D eigenvalue weighted by atomic mass is 16.2. The molecule has 1 aliphatic heterocycles. The molecule has 2 aromatic rings. The molecule has 2 fully saturated rings. The summed E-state index contributed by atoms with van der Waals surface area (Å²) in [6.07, 6.45) is 5.75. The van der Waals surface area contributed by atoms with E-state index in [1.54, 1.807) is 0 Å². The zero-order chi connectivity index (χ0) is 20.3. The molecule has 5 rings (SSSR count). The highest BCUT2D eigenvalue weighted by molar-refractivity contribution is 6.24. The third kappa shape index (κ3) is 2.79. The van der Waals surface area contributed by atoms with Gasteiger partial charge >= 0.3 is 0 Å². The minimum Gasteiger partial charge on any atom is -0.362 e. The van der Waals surface area contributed by atoms with E-state index in [0.717, 1.165) is 36.2 Å². The van der Waals surface area contributed by atoms with E-state index in [1.807, 2.05) is 24.3 Å². The van der Waals surface area contributed by atoms with E-state index in [2.05, 4.69) is 31.8 Å². The smallest absolute Gasteiger partial charge is 0.242 e. The lowest BCUT2D eigenvalue weighted by Crippen LogP contribution is -2.35. The van der Waals surface area contributed by atoms with Crippen LogP contribution < -0.4 is 4.90 Å². The molecule has 2 amide bonds. The predicted octanol–water partition coefficient (Wildman–Crippen LogP) is 5.40. The van der Waals surface area contributed by atoms with E-state index in [1.165, 1.54) is 29.0 Å². The molecule has 1 N–H and O–H groups in total. The van der Waals surface area contributed by atoms with E-state index in [0.29, 0.717) is 11.8 Å². The second-order valence-electron chi connectivity index (χ2n) is 9.49. The number of rotatable bonds is 2. The highest BCUT2D eigenvalue weighted by Gasteiger charge is 2.57. The van der Waals surface area contributed by atoms with Crippen molar-refractivity contribution in [1.29, 1.82) is 0 Å². The van der Waals surface area contributed by atoms with Crippen molar-refractivity contribution in [2.45, 2.75) is 70.6 Å². The maximum Gasteiger partial charge on any atom is 0.242 e. The van der Waals surface area contributed by atoms with E-state index < -0.39 is 0 Å². The van der Waals surface area contributed by atoms with Crippen LogP contribution in [0, 0.1) is 18.8 Å². The maximum absolute atomic E-state index is 13.6. The minimum absolute atomic E-state index is 0.0127. The molecule has 1 aromatic carbocycles. The Balaban J connectivity index is 1.59. The number of carbonyl (C=O) groups is 2. The van der Waals surface area contributed by atoms with E-state index in [-0.39, 0.29) is 29.6 Å². The maximum atomic E-state index is 13.6. The van der Waals surface area contributed by atoms with Crippen LogP contribution in [0.3, 0.4) is 0 Å². The number of aromatic amines is 1. The summed E-state index contributed by atoms with van der Waals surface area (Å²) in [7, 11) is 0. The van der Waals surface area contributed by atoms with Crippen LogP contribution in [0.2, 0.25) is 0 Å². The van der Waals surface area contributed by atoms with Gasteiger partial charge in [-0.2, -0.15) is 0 Å².